The third-order valence-electron chi connectivity index (χ3n) is 7.31. The molecule has 2 N–H and O–H groups in total. The van der Waals surface area contributed by atoms with E-state index >= 15 is 4.39 Å². The van der Waals surface area contributed by atoms with Crippen molar-refractivity contribution in [1.29, 1.82) is 0 Å². The SMILES string of the molecule is COc1cccc(N2CC[N+](=C3Nc4c(F)cccc4C(CC(=O)O)N3c3cc(C(F)(F)F)ccc3OC)CC2)c1. The third kappa shape index (κ3) is 5.59. The average Bonchev–Trinajstić information content (AvgIpc) is 2.96. The molecule has 0 bridgehead atoms. The number of carboxylic acid groups (broad SMARTS) is 1. The van der Waals surface area contributed by atoms with Crippen LogP contribution in [0.3, 0.4) is 0 Å². The van der Waals surface area contributed by atoms with Crippen LogP contribution in [0.1, 0.15) is 23.6 Å². The van der Waals surface area contributed by atoms with Crippen LogP contribution in [0.5, 0.6) is 11.5 Å². The number of para-hydroxylation sites is 1. The maximum absolute atomic E-state index is 15.1. The van der Waals surface area contributed by atoms with Crippen LogP contribution in [-0.2, 0) is 11.0 Å². The molecule has 0 saturated carbocycles. The lowest BCUT2D eigenvalue weighted by Crippen LogP contribution is -2.54. The van der Waals surface area contributed by atoms with Crippen molar-refractivity contribution in [3.63, 3.8) is 0 Å². The van der Waals surface area contributed by atoms with Gasteiger partial charge in [-0.25, -0.2) is 14.6 Å². The van der Waals surface area contributed by atoms with Crippen molar-refractivity contribution in [2.75, 3.05) is 55.5 Å². The number of fused-ring (bicyclic) bond motifs is 1. The van der Waals surface area contributed by atoms with Crippen LogP contribution in [0.4, 0.5) is 34.6 Å². The molecule has 1 fully saturated rings. The number of hydrogen-bond donors (Lipinski definition) is 2. The van der Waals surface area contributed by atoms with Gasteiger partial charge in [0.25, 0.3) is 0 Å². The Bertz CT molecular complexity index is 1480. The Labute approximate surface area is 234 Å². The highest BCUT2D eigenvalue weighted by atomic mass is 19.4. The number of nitrogens with zero attached hydrogens (tertiary/aromatic N) is 3. The van der Waals surface area contributed by atoms with Gasteiger partial charge in [0.1, 0.15) is 23.2 Å². The molecule has 41 heavy (non-hydrogen) atoms. The molecule has 0 amide bonds. The molecule has 2 aliphatic heterocycles. The van der Waals surface area contributed by atoms with E-state index in [0.29, 0.717) is 37.5 Å². The van der Waals surface area contributed by atoms with Gasteiger partial charge in [-0.3, -0.25) is 9.37 Å². The molecule has 0 radical (unpaired) electrons. The zero-order chi connectivity index (χ0) is 29.3. The van der Waals surface area contributed by atoms with Gasteiger partial charge in [0.2, 0.25) is 0 Å². The van der Waals surface area contributed by atoms with E-state index in [1.54, 1.807) is 13.2 Å². The highest BCUT2D eigenvalue weighted by Crippen LogP contribution is 2.44. The van der Waals surface area contributed by atoms with E-state index in [9.17, 15) is 23.1 Å². The van der Waals surface area contributed by atoms with Gasteiger partial charge in [0.05, 0.1) is 39.3 Å². The molecule has 8 nitrogen and oxygen atoms in total. The van der Waals surface area contributed by atoms with E-state index in [0.717, 1.165) is 17.8 Å². The second-order valence-electron chi connectivity index (χ2n) is 9.70. The fourth-order valence-electron chi connectivity index (χ4n) is 5.33. The van der Waals surface area contributed by atoms with E-state index < -0.39 is 36.0 Å². The normalized spacial score (nSPS) is 17.2. The number of aliphatic carboxylic acids is 1. The Hall–Kier alpha value is -4.48. The predicted molar refractivity (Wildman–Crippen MR) is 146 cm³/mol. The molecule has 216 valence electrons. The Morgan fingerprint density at radius 1 is 1.05 bits per heavy atom. The standard InChI is InChI=1S/C29H28F4N4O4/c1-40-20-6-3-5-19(16-20)35-11-13-36(14-12-35)28-34-27-21(7-4-8-22(27)30)23(17-26(38)39)37(28)24-15-18(29(31,32)33)9-10-25(24)41-2/h3-10,15-16,23H,11-14,17H2,1-2H3,(H,38,39)/p+1. The Balaban J connectivity index is 1.64. The summed E-state index contributed by atoms with van der Waals surface area (Å²) >= 11 is 0. The summed E-state index contributed by atoms with van der Waals surface area (Å²) in [4.78, 5) is 15.7. The van der Waals surface area contributed by atoms with E-state index in [4.69, 9.17) is 9.47 Å². The van der Waals surface area contributed by atoms with Crippen molar-refractivity contribution in [1.82, 2.24) is 0 Å². The summed E-state index contributed by atoms with van der Waals surface area (Å²) in [6, 6.07) is 13.9. The first-order valence-electron chi connectivity index (χ1n) is 12.9. The van der Waals surface area contributed by atoms with E-state index in [1.807, 2.05) is 28.8 Å². The minimum Gasteiger partial charge on any atom is -0.497 e. The van der Waals surface area contributed by atoms with Crippen LogP contribution in [0.2, 0.25) is 0 Å². The molecule has 0 aromatic heterocycles. The molecular formula is C29H29F4N4O4+. The van der Waals surface area contributed by atoms with Gasteiger partial charge in [-0.1, -0.05) is 18.2 Å². The number of methoxy groups -OCH3 is 2. The van der Waals surface area contributed by atoms with E-state index in [2.05, 4.69) is 10.2 Å². The molecule has 1 atom stereocenters. The number of hydrogen-bond acceptors (Lipinski definition) is 4. The lowest BCUT2D eigenvalue weighted by atomic mass is 9.96. The van der Waals surface area contributed by atoms with Crippen molar-refractivity contribution in [2.45, 2.75) is 18.6 Å². The van der Waals surface area contributed by atoms with Gasteiger partial charge in [0, 0.05) is 30.4 Å². The molecule has 1 saturated heterocycles. The van der Waals surface area contributed by atoms with Crippen molar-refractivity contribution >= 4 is 29.0 Å². The number of rotatable bonds is 6. The minimum absolute atomic E-state index is 0.0150. The molecule has 0 spiro atoms. The number of benzene rings is 3. The highest BCUT2D eigenvalue weighted by Gasteiger charge is 2.45. The number of carbonyl (C=O) groups is 1. The highest BCUT2D eigenvalue weighted by molar-refractivity contribution is 6.07. The molecule has 3 aromatic rings. The summed E-state index contributed by atoms with van der Waals surface area (Å²) in [6.45, 7) is 1.92. The van der Waals surface area contributed by atoms with Gasteiger partial charge in [0.15, 0.2) is 11.6 Å². The summed E-state index contributed by atoms with van der Waals surface area (Å²) < 4.78 is 69.3. The minimum atomic E-state index is -4.65. The van der Waals surface area contributed by atoms with E-state index in [-0.39, 0.29) is 23.1 Å². The molecule has 3 aromatic carbocycles. The number of ether oxygens (including phenoxy) is 2. The number of carboxylic acids is 1. The zero-order valence-electron chi connectivity index (χ0n) is 22.4. The van der Waals surface area contributed by atoms with Crippen LogP contribution >= 0.6 is 0 Å². The van der Waals surface area contributed by atoms with Crippen molar-refractivity contribution in [3.8, 4) is 11.5 Å². The monoisotopic (exact) mass is 573 g/mol. The maximum atomic E-state index is 15.1. The first kappa shape index (κ1) is 28.1. The maximum Gasteiger partial charge on any atom is 0.416 e. The Morgan fingerprint density at radius 2 is 1.78 bits per heavy atom. The molecule has 0 aliphatic carbocycles. The summed E-state index contributed by atoms with van der Waals surface area (Å²) in [5.74, 6) is -0.690. The van der Waals surface area contributed by atoms with Gasteiger partial charge >= 0.3 is 18.1 Å². The quantitative estimate of drug-likeness (QED) is 0.310. The summed E-state index contributed by atoms with van der Waals surface area (Å²) in [6.07, 6.45) is -5.15. The van der Waals surface area contributed by atoms with Crippen LogP contribution in [-0.4, -0.2) is 62.0 Å². The number of halogens is 4. The Kier molecular flexibility index (Phi) is 7.65. The zero-order valence-corrected chi connectivity index (χ0v) is 22.4. The average molecular weight is 574 g/mol. The molecule has 2 aliphatic rings. The largest absolute Gasteiger partial charge is 0.497 e. The molecule has 2 heterocycles. The molecule has 1 unspecified atom stereocenters. The van der Waals surface area contributed by atoms with Crippen LogP contribution < -0.4 is 24.6 Å². The molecule has 5 rings (SSSR count). The smallest absolute Gasteiger partial charge is 0.416 e. The summed E-state index contributed by atoms with van der Waals surface area (Å²) in [5, 5.41) is 12.9. The topological polar surface area (TPSA) is 77.3 Å². The van der Waals surface area contributed by atoms with E-state index in [1.165, 1.54) is 30.2 Å². The lowest BCUT2D eigenvalue weighted by molar-refractivity contribution is -0.530. The lowest BCUT2D eigenvalue weighted by Gasteiger charge is -2.38. The number of alkyl halides is 3. The van der Waals surface area contributed by atoms with Crippen LogP contribution in [0, 0.1) is 5.82 Å². The van der Waals surface area contributed by atoms with Gasteiger partial charge < -0.3 is 19.5 Å². The first-order chi connectivity index (χ1) is 19.6. The number of guanidine groups is 1. The Morgan fingerprint density at radius 3 is 2.44 bits per heavy atom. The van der Waals surface area contributed by atoms with Gasteiger partial charge in [-0.2, -0.15) is 13.2 Å². The number of anilines is 3. The van der Waals surface area contributed by atoms with Gasteiger partial charge in [-0.15, -0.1) is 0 Å². The second-order valence-corrected chi connectivity index (χ2v) is 9.70. The summed E-state index contributed by atoms with van der Waals surface area (Å²) in [5.41, 5.74) is 0.440. The predicted octanol–water partition coefficient (Wildman–Crippen LogP) is 5.20. The first-order valence-corrected chi connectivity index (χ1v) is 12.9. The number of piperazine rings is 1. The summed E-state index contributed by atoms with van der Waals surface area (Å²) in [7, 11) is 2.92. The fraction of sp³-hybridized carbons (Fsp3) is 0.310. The van der Waals surface area contributed by atoms with Crippen molar-refractivity contribution < 1.29 is 41.5 Å². The van der Waals surface area contributed by atoms with Gasteiger partial charge in [-0.05, 0) is 36.4 Å². The third-order valence-corrected chi connectivity index (χ3v) is 7.31. The molecule has 12 heteroatoms. The van der Waals surface area contributed by atoms with Crippen LogP contribution in [0.25, 0.3) is 0 Å². The van der Waals surface area contributed by atoms with Crippen LogP contribution in [0.15, 0.2) is 60.7 Å². The number of nitrogens with one attached hydrogen (secondary N) is 1. The second kappa shape index (κ2) is 11.2. The van der Waals surface area contributed by atoms with Crippen molar-refractivity contribution in [2.24, 2.45) is 0 Å². The molecular weight excluding hydrogens is 544 g/mol. The van der Waals surface area contributed by atoms with Crippen molar-refractivity contribution in [3.05, 3.63) is 77.6 Å². The fourth-order valence-corrected chi connectivity index (χ4v) is 5.33.